The Morgan fingerprint density at radius 1 is 0.971 bits per heavy atom. The molecule has 0 aromatic carbocycles. The van der Waals surface area contributed by atoms with Crippen LogP contribution in [0.2, 0.25) is 0 Å². The van der Waals surface area contributed by atoms with E-state index in [9.17, 15) is 14.7 Å². The molecule has 3 aliphatic rings. The van der Waals surface area contributed by atoms with Gasteiger partial charge in [-0.25, -0.2) is 9.59 Å². The molecule has 198 valence electrons. The zero-order chi connectivity index (χ0) is 25.4. The number of piperazine rings is 1. The number of nitrogens with zero attached hydrogens (tertiary/aromatic N) is 3. The molecule has 1 N–H and O–H groups in total. The summed E-state index contributed by atoms with van der Waals surface area (Å²) in [6.07, 6.45) is 9.91. The maximum Gasteiger partial charge on any atom is 0.409 e. The molecule has 0 bridgehead atoms. The average Bonchev–Trinajstić information content (AvgIpc) is 3.14. The van der Waals surface area contributed by atoms with Gasteiger partial charge in [0.1, 0.15) is 0 Å². The van der Waals surface area contributed by atoms with E-state index in [4.69, 9.17) is 9.47 Å². The number of rotatable bonds is 6. The highest BCUT2D eigenvalue weighted by Crippen LogP contribution is 2.35. The highest BCUT2D eigenvalue weighted by molar-refractivity contribution is 5.68. The van der Waals surface area contributed by atoms with E-state index < -0.39 is 6.10 Å². The van der Waals surface area contributed by atoms with Gasteiger partial charge in [0.05, 0.1) is 19.8 Å². The first-order valence-electron chi connectivity index (χ1n) is 13.3. The molecule has 2 unspecified atom stereocenters. The first-order chi connectivity index (χ1) is 16.8. The third kappa shape index (κ3) is 7.97. The number of amides is 2. The summed E-state index contributed by atoms with van der Waals surface area (Å²) >= 11 is 0. The molecule has 8 heteroatoms. The van der Waals surface area contributed by atoms with Crippen molar-refractivity contribution < 1.29 is 24.2 Å². The zero-order valence-electron chi connectivity index (χ0n) is 22.1. The highest BCUT2D eigenvalue weighted by atomic mass is 16.6. The Labute approximate surface area is 210 Å². The Balaban J connectivity index is 1.64. The number of methoxy groups -OCH3 is 1. The predicted molar refractivity (Wildman–Crippen MR) is 136 cm³/mol. The van der Waals surface area contributed by atoms with E-state index in [2.05, 4.69) is 37.8 Å². The van der Waals surface area contributed by atoms with Crippen molar-refractivity contribution in [2.75, 3.05) is 53.0 Å². The van der Waals surface area contributed by atoms with Crippen LogP contribution in [0.3, 0.4) is 0 Å². The standard InChI is InChI=1S/C27H45N3O5/c1-20(2)9-10-25(21(3)19-35-27(33)30-12-11-24(31)18-30)22-7-5-6-8-23(17-22)28-13-15-29(16-14-28)26(32)34-4/h9-10,21-24,31H,5-8,11-19H2,1-4H3/b25-10-/t21-,22?,23?,24+/m0/s1. The minimum atomic E-state index is -0.439. The minimum absolute atomic E-state index is 0.127. The van der Waals surface area contributed by atoms with Crippen LogP contribution in [0.1, 0.15) is 59.3 Å². The largest absolute Gasteiger partial charge is 0.453 e. The molecule has 4 atom stereocenters. The lowest BCUT2D eigenvalue weighted by molar-refractivity contribution is 0.0680. The number of aliphatic hydroxyl groups excluding tert-OH is 1. The van der Waals surface area contributed by atoms with Crippen molar-refractivity contribution in [3.8, 4) is 0 Å². The Bertz CT molecular complexity index is 771. The molecular weight excluding hydrogens is 446 g/mol. The van der Waals surface area contributed by atoms with Crippen molar-refractivity contribution in [3.63, 3.8) is 0 Å². The summed E-state index contributed by atoms with van der Waals surface area (Å²) < 4.78 is 10.6. The molecule has 1 saturated carbocycles. The van der Waals surface area contributed by atoms with Gasteiger partial charge >= 0.3 is 12.2 Å². The number of aliphatic hydroxyl groups is 1. The molecule has 0 aromatic heterocycles. The lowest BCUT2D eigenvalue weighted by Gasteiger charge is -2.39. The van der Waals surface area contributed by atoms with Gasteiger partial charge in [0, 0.05) is 51.2 Å². The van der Waals surface area contributed by atoms with Crippen LogP contribution >= 0.6 is 0 Å². The van der Waals surface area contributed by atoms with Crippen LogP contribution in [0.15, 0.2) is 23.3 Å². The number of carbonyl (C=O) groups is 2. The molecule has 0 radical (unpaired) electrons. The molecule has 0 spiro atoms. The van der Waals surface area contributed by atoms with Crippen LogP contribution in [-0.4, -0.2) is 97.1 Å². The molecule has 3 fully saturated rings. The van der Waals surface area contributed by atoms with Gasteiger partial charge in [-0.05, 0) is 45.4 Å². The second-order valence-corrected chi connectivity index (χ2v) is 10.6. The van der Waals surface area contributed by atoms with Gasteiger partial charge in [-0.1, -0.05) is 43.1 Å². The fourth-order valence-electron chi connectivity index (χ4n) is 5.63. The van der Waals surface area contributed by atoms with Crippen LogP contribution in [-0.2, 0) is 9.47 Å². The molecule has 3 rings (SSSR count). The Morgan fingerprint density at radius 3 is 2.31 bits per heavy atom. The number of hydrogen-bond acceptors (Lipinski definition) is 6. The molecule has 2 aliphatic heterocycles. The van der Waals surface area contributed by atoms with Gasteiger partial charge in [0.15, 0.2) is 0 Å². The van der Waals surface area contributed by atoms with Gasteiger partial charge in [-0.2, -0.15) is 0 Å². The van der Waals surface area contributed by atoms with Crippen LogP contribution in [0.25, 0.3) is 0 Å². The number of hydrogen-bond donors (Lipinski definition) is 1. The van der Waals surface area contributed by atoms with Crippen molar-refractivity contribution in [1.29, 1.82) is 0 Å². The summed E-state index contributed by atoms with van der Waals surface area (Å²) in [4.78, 5) is 30.3. The zero-order valence-corrected chi connectivity index (χ0v) is 22.1. The first-order valence-corrected chi connectivity index (χ1v) is 13.3. The van der Waals surface area contributed by atoms with Gasteiger partial charge in [0.2, 0.25) is 0 Å². The van der Waals surface area contributed by atoms with E-state index in [1.807, 2.05) is 0 Å². The van der Waals surface area contributed by atoms with Crippen LogP contribution < -0.4 is 0 Å². The molecule has 2 saturated heterocycles. The maximum absolute atomic E-state index is 12.5. The first kappa shape index (κ1) is 27.5. The van der Waals surface area contributed by atoms with Crippen LogP contribution in [0.5, 0.6) is 0 Å². The lowest BCUT2D eigenvalue weighted by atomic mass is 9.82. The Hall–Kier alpha value is -2.06. The van der Waals surface area contributed by atoms with E-state index >= 15 is 0 Å². The summed E-state index contributed by atoms with van der Waals surface area (Å²) in [7, 11) is 1.44. The SMILES string of the molecule is COC(=O)N1CCN(C2CCCCC(/C(=C\C=C(C)C)[C@@H](C)COC(=O)N3CC[C@@H](O)C3)C2)CC1. The Morgan fingerprint density at radius 2 is 1.69 bits per heavy atom. The van der Waals surface area contributed by atoms with E-state index in [1.54, 1.807) is 9.80 Å². The van der Waals surface area contributed by atoms with Gasteiger partial charge < -0.3 is 24.4 Å². The van der Waals surface area contributed by atoms with Crippen molar-refractivity contribution >= 4 is 12.2 Å². The highest BCUT2D eigenvalue weighted by Gasteiger charge is 2.32. The van der Waals surface area contributed by atoms with Gasteiger partial charge in [-0.15, -0.1) is 0 Å². The van der Waals surface area contributed by atoms with Crippen molar-refractivity contribution in [2.45, 2.75) is 71.4 Å². The average molecular weight is 492 g/mol. The van der Waals surface area contributed by atoms with Crippen LogP contribution in [0, 0.1) is 11.8 Å². The number of β-amino-alcohol motifs (C(OH)–C–C–N with tert-alkyl or cyclic N) is 1. The smallest absolute Gasteiger partial charge is 0.409 e. The lowest BCUT2D eigenvalue weighted by Crippen LogP contribution is -2.52. The minimum Gasteiger partial charge on any atom is -0.453 e. The topological polar surface area (TPSA) is 82.6 Å². The van der Waals surface area contributed by atoms with Crippen molar-refractivity contribution in [2.24, 2.45) is 11.8 Å². The third-order valence-corrected chi connectivity index (χ3v) is 7.69. The quantitative estimate of drug-likeness (QED) is 0.446. The third-order valence-electron chi connectivity index (χ3n) is 7.69. The predicted octanol–water partition coefficient (Wildman–Crippen LogP) is 4.05. The number of allylic oxidation sites excluding steroid dienone is 3. The summed E-state index contributed by atoms with van der Waals surface area (Å²) in [6, 6.07) is 0.498. The number of ether oxygens (including phenoxy) is 2. The molecule has 2 amide bonds. The normalized spacial score (nSPS) is 27.2. The number of carbonyl (C=O) groups excluding carboxylic acids is 2. The number of likely N-dealkylation sites (tertiary alicyclic amines) is 1. The molecule has 35 heavy (non-hydrogen) atoms. The van der Waals surface area contributed by atoms with Crippen molar-refractivity contribution in [1.82, 2.24) is 14.7 Å². The maximum atomic E-state index is 12.5. The van der Waals surface area contributed by atoms with Crippen molar-refractivity contribution in [3.05, 3.63) is 23.3 Å². The van der Waals surface area contributed by atoms with E-state index in [1.165, 1.54) is 37.5 Å². The van der Waals surface area contributed by atoms with Crippen LogP contribution in [0.4, 0.5) is 9.59 Å². The molecule has 0 aromatic rings. The van der Waals surface area contributed by atoms with E-state index in [-0.39, 0.29) is 18.1 Å². The van der Waals surface area contributed by atoms with E-state index in [0.29, 0.717) is 51.2 Å². The monoisotopic (exact) mass is 491 g/mol. The second-order valence-electron chi connectivity index (χ2n) is 10.6. The molecule has 8 nitrogen and oxygen atoms in total. The summed E-state index contributed by atoms with van der Waals surface area (Å²) in [5, 5.41) is 9.72. The van der Waals surface area contributed by atoms with Gasteiger partial charge in [-0.3, -0.25) is 4.90 Å². The summed E-state index contributed by atoms with van der Waals surface area (Å²) in [5.74, 6) is 0.570. The van der Waals surface area contributed by atoms with E-state index in [0.717, 1.165) is 25.9 Å². The fraction of sp³-hybridized carbons (Fsp3) is 0.778. The molecule has 1 aliphatic carbocycles. The van der Waals surface area contributed by atoms with Gasteiger partial charge in [0.25, 0.3) is 0 Å². The summed E-state index contributed by atoms with van der Waals surface area (Å²) in [5.41, 5.74) is 2.61. The summed E-state index contributed by atoms with van der Waals surface area (Å²) in [6.45, 7) is 10.8. The molecule has 2 heterocycles. The Kier molecular flexibility index (Phi) is 10.5. The second kappa shape index (κ2) is 13.3. The molecular formula is C27H45N3O5. The fourth-order valence-corrected chi connectivity index (χ4v) is 5.63.